The number of hydrogen-bond acceptors (Lipinski definition) is 4. The number of aryl methyl sites for hydroxylation is 6. The fourth-order valence-electron chi connectivity index (χ4n) is 1.97. The summed E-state index contributed by atoms with van der Waals surface area (Å²) in [6.45, 7) is 14.4. The molecular formula is C14H26N4O4S. The van der Waals surface area contributed by atoms with Crippen LogP contribution in [0.3, 0.4) is 0 Å². The summed E-state index contributed by atoms with van der Waals surface area (Å²) < 4.78 is 35.9. The van der Waals surface area contributed by atoms with Gasteiger partial charge < -0.3 is 9.13 Å². The Balaban J connectivity index is 0.000000332. The Hall–Kier alpha value is -1.71. The summed E-state index contributed by atoms with van der Waals surface area (Å²) in [4.78, 5) is 8.49. The molecule has 0 saturated heterocycles. The van der Waals surface area contributed by atoms with Gasteiger partial charge in [-0.15, -0.1) is 0 Å². The second kappa shape index (κ2) is 9.43. The Morgan fingerprint density at radius 2 is 1.13 bits per heavy atom. The van der Waals surface area contributed by atoms with Crippen LogP contribution in [0.2, 0.25) is 0 Å². The van der Waals surface area contributed by atoms with Crippen LogP contribution in [-0.2, 0) is 23.5 Å². The highest BCUT2D eigenvalue weighted by Crippen LogP contribution is 1.99. The van der Waals surface area contributed by atoms with E-state index in [2.05, 4.69) is 45.3 Å². The van der Waals surface area contributed by atoms with Crippen LogP contribution in [0.25, 0.3) is 0 Å². The summed E-state index contributed by atoms with van der Waals surface area (Å²) in [6.07, 6.45) is 4.13. The van der Waals surface area contributed by atoms with Crippen molar-refractivity contribution in [1.82, 2.24) is 19.1 Å². The van der Waals surface area contributed by atoms with Gasteiger partial charge in [0, 0.05) is 25.5 Å². The standard InChI is InChI=1S/2C7H12N2.H2O4S/c2*1-4-9-5-6(2)8-7(9)3;1-5(2,3)4/h2*5H,4H2,1-3H3;(H2,1,2,3,4). The van der Waals surface area contributed by atoms with Gasteiger partial charge in [-0.1, -0.05) is 0 Å². The maximum atomic E-state index is 8.74. The summed E-state index contributed by atoms with van der Waals surface area (Å²) in [5, 5.41) is 0. The minimum atomic E-state index is -4.67. The normalized spacial score (nSPS) is 10.4. The van der Waals surface area contributed by atoms with E-state index in [9.17, 15) is 0 Å². The van der Waals surface area contributed by atoms with Gasteiger partial charge in [0.25, 0.3) is 0 Å². The van der Waals surface area contributed by atoms with E-state index in [0.29, 0.717) is 0 Å². The average molecular weight is 346 g/mol. The van der Waals surface area contributed by atoms with Gasteiger partial charge in [-0.3, -0.25) is 9.11 Å². The molecular weight excluding hydrogens is 320 g/mol. The molecule has 0 radical (unpaired) electrons. The molecule has 0 spiro atoms. The molecule has 23 heavy (non-hydrogen) atoms. The van der Waals surface area contributed by atoms with Gasteiger partial charge in [0.1, 0.15) is 11.6 Å². The molecule has 2 heterocycles. The highest BCUT2D eigenvalue weighted by Gasteiger charge is 1.95. The number of hydrogen-bond donors (Lipinski definition) is 2. The third-order valence-electron chi connectivity index (χ3n) is 2.87. The lowest BCUT2D eigenvalue weighted by Gasteiger charge is -1.95. The minimum Gasteiger partial charge on any atom is -0.335 e. The van der Waals surface area contributed by atoms with E-state index < -0.39 is 10.4 Å². The molecule has 8 nitrogen and oxygen atoms in total. The lowest BCUT2D eigenvalue weighted by atomic mass is 10.6. The van der Waals surface area contributed by atoms with Crippen LogP contribution in [-0.4, -0.2) is 36.6 Å². The van der Waals surface area contributed by atoms with Gasteiger partial charge >= 0.3 is 10.4 Å². The second-order valence-electron chi connectivity index (χ2n) is 4.88. The lowest BCUT2D eigenvalue weighted by Crippen LogP contribution is -1.93. The molecule has 0 amide bonds. The zero-order valence-electron chi connectivity index (χ0n) is 14.5. The summed E-state index contributed by atoms with van der Waals surface area (Å²) in [7, 11) is -4.67. The molecule has 0 bridgehead atoms. The van der Waals surface area contributed by atoms with Gasteiger partial charge in [-0.25, -0.2) is 9.97 Å². The molecule has 0 aliphatic carbocycles. The van der Waals surface area contributed by atoms with Gasteiger partial charge in [0.15, 0.2) is 0 Å². The summed E-state index contributed by atoms with van der Waals surface area (Å²) >= 11 is 0. The predicted molar refractivity (Wildman–Crippen MR) is 88.9 cm³/mol. The highest BCUT2D eigenvalue weighted by molar-refractivity contribution is 7.79. The molecule has 0 unspecified atom stereocenters. The highest BCUT2D eigenvalue weighted by atomic mass is 32.3. The van der Waals surface area contributed by atoms with Crippen molar-refractivity contribution in [2.24, 2.45) is 0 Å². The van der Waals surface area contributed by atoms with Crippen molar-refractivity contribution in [3.63, 3.8) is 0 Å². The first-order valence-corrected chi connectivity index (χ1v) is 8.58. The van der Waals surface area contributed by atoms with Crippen molar-refractivity contribution < 1.29 is 17.5 Å². The fourth-order valence-corrected chi connectivity index (χ4v) is 1.97. The van der Waals surface area contributed by atoms with E-state index in [0.717, 1.165) is 36.1 Å². The van der Waals surface area contributed by atoms with Crippen molar-refractivity contribution in [3.05, 3.63) is 35.4 Å². The predicted octanol–water partition coefficient (Wildman–Crippen LogP) is 2.39. The number of aromatic nitrogens is 4. The van der Waals surface area contributed by atoms with Crippen molar-refractivity contribution in [2.75, 3.05) is 0 Å². The van der Waals surface area contributed by atoms with E-state index in [4.69, 9.17) is 17.5 Å². The van der Waals surface area contributed by atoms with E-state index in [1.54, 1.807) is 0 Å². The van der Waals surface area contributed by atoms with E-state index >= 15 is 0 Å². The van der Waals surface area contributed by atoms with E-state index in [1.165, 1.54) is 0 Å². The van der Waals surface area contributed by atoms with Crippen molar-refractivity contribution >= 4 is 10.4 Å². The Morgan fingerprint density at radius 3 is 1.22 bits per heavy atom. The Kier molecular flexibility index (Phi) is 8.73. The smallest absolute Gasteiger partial charge is 0.335 e. The zero-order chi connectivity index (χ0) is 18.2. The second-order valence-corrected chi connectivity index (χ2v) is 5.77. The topological polar surface area (TPSA) is 110 Å². The van der Waals surface area contributed by atoms with E-state index in [-0.39, 0.29) is 0 Å². The molecule has 0 fully saturated rings. The first kappa shape index (κ1) is 21.3. The maximum Gasteiger partial charge on any atom is 0.394 e. The monoisotopic (exact) mass is 346 g/mol. The SMILES string of the molecule is CCn1cc(C)nc1C.CCn1cc(C)nc1C.O=S(=O)(O)O. The molecule has 2 N–H and O–H groups in total. The Morgan fingerprint density at radius 1 is 0.870 bits per heavy atom. The molecule has 9 heteroatoms. The maximum absolute atomic E-state index is 8.74. The molecule has 2 aromatic heterocycles. The minimum absolute atomic E-state index is 1.02. The van der Waals surface area contributed by atoms with Crippen LogP contribution in [0.5, 0.6) is 0 Å². The van der Waals surface area contributed by atoms with Crippen LogP contribution in [0.4, 0.5) is 0 Å². The zero-order valence-corrected chi connectivity index (χ0v) is 15.3. The van der Waals surface area contributed by atoms with Crippen LogP contribution < -0.4 is 0 Å². The Labute approximate surface area is 137 Å². The van der Waals surface area contributed by atoms with Crippen LogP contribution in [0.1, 0.15) is 36.9 Å². The van der Waals surface area contributed by atoms with Gasteiger partial charge in [-0.2, -0.15) is 8.42 Å². The van der Waals surface area contributed by atoms with Crippen LogP contribution in [0, 0.1) is 27.7 Å². The van der Waals surface area contributed by atoms with Gasteiger partial charge in [0.2, 0.25) is 0 Å². The van der Waals surface area contributed by atoms with Crippen molar-refractivity contribution in [2.45, 2.75) is 54.6 Å². The lowest BCUT2D eigenvalue weighted by molar-refractivity contribution is 0.381. The quantitative estimate of drug-likeness (QED) is 0.808. The fraction of sp³-hybridized carbons (Fsp3) is 0.571. The van der Waals surface area contributed by atoms with Crippen LogP contribution in [0.15, 0.2) is 12.4 Å². The van der Waals surface area contributed by atoms with E-state index in [1.807, 2.05) is 27.7 Å². The third-order valence-corrected chi connectivity index (χ3v) is 2.87. The number of nitrogens with zero attached hydrogens (tertiary/aromatic N) is 4. The number of rotatable bonds is 2. The molecule has 2 rings (SSSR count). The molecule has 0 aliphatic rings. The first-order valence-electron chi connectivity index (χ1n) is 7.18. The molecule has 2 aromatic rings. The number of imidazole rings is 2. The third kappa shape index (κ3) is 9.82. The molecule has 0 saturated carbocycles. The summed E-state index contributed by atoms with van der Waals surface area (Å²) in [5.41, 5.74) is 2.21. The van der Waals surface area contributed by atoms with Gasteiger partial charge in [0.05, 0.1) is 11.4 Å². The van der Waals surface area contributed by atoms with Gasteiger partial charge in [-0.05, 0) is 41.5 Å². The molecule has 0 aliphatic heterocycles. The summed E-state index contributed by atoms with van der Waals surface area (Å²) in [5.74, 6) is 2.21. The van der Waals surface area contributed by atoms with Crippen molar-refractivity contribution in [1.29, 1.82) is 0 Å². The first-order chi connectivity index (χ1) is 10.5. The summed E-state index contributed by atoms with van der Waals surface area (Å²) in [6, 6.07) is 0. The Bertz CT molecular complexity index is 650. The van der Waals surface area contributed by atoms with Crippen LogP contribution >= 0.6 is 0 Å². The largest absolute Gasteiger partial charge is 0.394 e. The average Bonchev–Trinajstić information content (AvgIpc) is 2.89. The molecule has 0 atom stereocenters. The molecule has 132 valence electrons. The van der Waals surface area contributed by atoms with Crippen molar-refractivity contribution in [3.8, 4) is 0 Å². The molecule has 0 aromatic carbocycles.